The Morgan fingerprint density at radius 3 is 2.52 bits per heavy atom. The first-order valence-electron chi connectivity index (χ1n) is 7.73. The van der Waals surface area contributed by atoms with E-state index in [0.717, 1.165) is 12.8 Å². The third-order valence-corrected chi connectivity index (χ3v) is 3.04. The molecule has 0 unspecified atom stereocenters. The second-order valence-corrected chi connectivity index (χ2v) is 6.37. The Bertz CT molecular complexity index is 512. The zero-order valence-corrected chi connectivity index (χ0v) is 14.7. The molecule has 2 N–H and O–H groups in total. The van der Waals surface area contributed by atoms with E-state index in [0.29, 0.717) is 30.3 Å². The topological polar surface area (TPSA) is 74.0 Å². The summed E-state index contributed by atoms with van der Waals surface area (Å²) in [5, 5.41) is 0. The predicted octanol–water partition coefficient (Wildman–Crippen LogP) is 3.30. The average Bonchev–Trinajstić information content (AvgIpc) is 2.46. The van der Waals surface area contributed by atoms with E-state index in [-0.39, 0.29) is 6.09 Å². The Labute approximate surface area is 138 Å². The standard InChI is InChI=1S/C17H28N2O4/c1-17(2,3)23-16(20)19(4)10-6-7-11-22-14-9-8-13(18)12-15(14)21-5/h8-9,12H,6-7,10-11,18H2,1-5H3. The molecule has 1 amide bonds. The van der Waals surface area contributed by atoms with E-state index in [9.17, 15) is 4.79 Å². The van der Waals surface area contributed by atoms with Crippen LogP contribution in [0.1, 0.15) is 33.6 Å². The van der Waals surface area contributed by atoms with E-state index >= 15 is 0 Å². The van der Waals surface area contributed by atoms with E-state index in [2.05, 4.69) is 0 Å². The second kappa shape index (κ2) is 8.50. The van der Waals surface area contributed by atoms with Crippen LogP contribution in [0, 0.1) is 0 Å². The van der Waals surface area contributed by atoms with Gasteiger partial charge in [-0.05, 0) is 45.7 Å². The number of nitrogen functional groups attached to an aromatic ring is 1. The summed E-state index contributed by atoms with van der Waals surface area (Å²) in [4.78, 5) is 13.4. The molecule has 130 valence electrons. The van der Waals surface area contributed by atoms with Crippen LogP contribution in [0.15, 0.2) is 18.2 Å². The second-order valence-electron chi connectivity index (χ2n) is 6.37. The van der Waals surface area contributed by atoms with Gasteiger partial charge in [-0.2, -0.15) is 0 Å². The first-order valence-corrected chi connectivity index (χ1v) is 7.73. The van der Waals surface area contributed by atoms with Gasteiger partial charge in [0.05, 0.1) is 13.7 Å². The van der Waals surface area contributed by atoms with Crippen molar-refractivity contribution in [1.82, 2.24) is 4.90 Å². The molecule has 0 aliphatic carbocycles. The molecule has 0 saturated carbocycles. The maximum Gasteiger partial charge on any atom is 0.410 e. The van der Waals surface area contributed by atoms with Crippen LogP contribution in [0.4, 0.5) is 10.5 Å². The molecule has 1 aromatic rings. The molecule has 0 fully saturated rings. The molecule has 0 spiro atoms. The summed E-state index contributed by atoms with van der Waals surface area (Å²) in [6, 6.07) is 5.29. The molecule has 1 aromatic carbocycles. The highest BCUT2D eigenvalue weighted by atomic mass is 16.6. The van der Waals surface area contributed by atoms with Gasteiger partial charge in [0.2, 0.25) is 0 Å². The minimum Gasteiger partial charge on any atom is -0.493 e. The quantitative estimate of drug-likeness (QED) is 0.615. The number of nitrogens with zero attached hydrogens (tertiary/aromatic N) is 1. The van der Waals surface area contributed by atoms with Gasteiger partial charge in [0.25, 0.3) is 0 Å². The van der Waals surface area contributed by atoms with Gasteiger partial charge in [-0.15, -0.1) is 0 Å². The normalized spacial score (nSPS) is 11.0. The van der Waals surface area contributed by atoms with Crippen LogP contribution in [0.2, 0.25) is 0 Å². The maximum absolute atomic E-state index is 11.8. The molecule has 0 aliphatic heterocycles. The Morgan fingerprint density at radius 1 is 1.22 bits per heavy atom. The average molecular weight is 324 g/mol. The monoisotopic (exact) mass is 324 g/mol. The van der Waals surface area contributed by atoms with Crippen LogP contribution in [0.5, 0.6) is 11.5 Å². The highest BCUT2D eigenvalue weighted by Crippen LogP contribution is 2.29. The molecule has 0 aliphatic rings. The molecule has 0 aromatic heterocycles. The van der Waals surface area contributed by atoms with Crippen molar-refractivity contribution in [2.24, 2.45) is 0 Å². The number of unbranched alkanes of at least 4 members (excludes halogenated alkanes) is 1. The number of ether oxygens (including phenoxy) is 3. The highest BCUT2D eigenvalue weighted by molar-refractivity contribution is 5.67. The van der Waals surface area contributed by atoms with Crippen molar-refractivity contribution in [3.8, 4) is 11.5 Å². The minimum absolute atomic E-state index is 0.307. The number of hydrogen-bond acceptors (Lipinski definition) is 5. The first-order chi connectivity index (χ1) is 10.7. The summed E-state index contributed by atoms with van der Waals surface area (Å²) < 4.78 is 16.2. The van der Waals surface area contributed by atoms with Gasteiger partial charge in [0.1, 0.15) is 5.60 Å². The van der Waals surface area contributed by atoms with Crippen molar-refractivity contribution in [1.29, 1.82) is 0 Å². The number of nitrogens with two attached hydrogens (primary N) is 1. The van der Waals surface area contributed by atoms with Crippen LogP contribution in [0.25, 0.3) is 0 Å². The molecule has 6 heteroatoms. The molecular formula is C17H28N2O4. The van der Waals surface area contributed by atoms with Gasteiger partial charge in [-0.1, -0.05) is 0 Å². The number of carbonyl (C=O) groups is 1. The zero-order chi connectivity index (χ0) is 17.5. The smallest absolute Gasteiger partial charge is 0.410 e. The number of carbonyl (C=O) groups excluding carboxylic acids is 1. The predicted molar refractivity (Wildman–Crippen MR) is 91.0 cm³/mol. The molecule has 0 radical (unpaired) electrons. The lowest BCUT2D eigenvalue weighted by atomic mass is 10.2. The highest BCUT2D eigenvalue weighted by Gasteiger charge is 2.19. The molecule has 23 heavy (non-hydrogen) atoms. The summed E-state index contributed by atoms with van der Waals surface area (Å²) in [6.45, 7) is 6.73. The molecule has 0 bridgehead atoms. The van der Waals surface area contributed by atoms with E-state index in [4.69, 9.17) is 19.9 Å². The zero-order valence-electron chi connectivity index (χ0n) is 14.7. The van der Waals surface area contributed by atoms with Gasteiger partial charge in [-0.25, -0.2) is 4.79 Å². The SMILES string of the molecule is COc1cc(N)ccc1OCCCCN(C)C(=O)OC(C)(C)C. The number of methoxy groups -OCH3 is 1. The lowest BCUT2D eigenvalue weighted by Gasteiger charge is -2.24. The van der Waals surface area contributed by atoms with Crippen molar-refractivity contribution in [3.63, 3.8) is 0 Å². The van der Waals surface area contributed by atoms with Crippen molar-refractivity contribution in [2.75, 3.05) is 33.0 Å². The molecule has 6 nitrogen and oxygen atoms in total. The van der Waals surface area contributed by atoms with E-state index < -0.39 is 5.60 Å². The summed E-state index contributed by atoms with van der Waals surface area (Å²) in [5.41, 5.74) is 5.86. The van der Waals surface area contributed by atoms with E-state index in [1.807, 2.05) is 20.8 Å². The largest absolute Gasteiger partial charge is 0.493 e. The van der Waals surface area contributed by atoms with Crippen LogP contribution < -0.4 is 15.2 Å². The number of anilines is 1. The fraction of sp³-hybridized carbons (Fsp3) is 0.588. The van der Waals surface area contributed by atoms with Crippen LogP contribution in [0.3, 0.4) is 0 Å². The van der Waals surface area contributed by atoms with Crippen molar-refractivity contribution in [2.45, 2.75) is 39.2 Å². The molecule has 0 heterocycles. The van der Waals surface area contributed by atoms with E-state index in [1.165, 1.54) is 0 Å². The van der Waals surface area contributed by atoms with Gasteiger partial charge < -0.3 is 24.8 Å². The van der Waals surface area contributed by atoms with Crippen LogP contribution >= 0.6 is 0 Å². The van der Waals surface area contributed by atoms with Crippen molar-refractivity contribution in [3.05, 3.63) is 18.2 Å². The Hall–Kier alpha value is -2.11. The van der Waals surface area contributed by atoms with Crippen LogP contribution in [-0.2, 0) is 4.74 Å². The summed E-state index contributed by atoms with van der Waals surface area (Å²) in [6.07, 6.45) is 1.34. The number of rotatable bonds is 7. The number of hydrogen-bond donors (Lipinski definition) is 1. The molecular weight excluding hydrogens is 296 g/mol. The summed E-state index contributed by atoms with van der Waals surface area (Å²) >= 11 is 0. The fourth-order valence-electron chi connectivity index (χ4n) is 1.87. The summed E-state index contributed by atoms with van der Waals surface area (Å²) in [5.74, 6) is 1.29. The molecule has 0 saturated heterocycles. The molecule has 0 atom stereocenters. The van der Waals surface area contributed by atoms with Gasteiger partial charge in [0, 0.05) is 25.3 Å². The fourth-order valence-corrected chi connectivity index (χ4v) is 1.87. The maximum atomic E-state index is 11.8. The Morgan fingerprint density at radius 2 is 1.91 bits per heavy atom. The van der Waals surface area contributed by atoms with Crippen molar-refractivity contribution < 1.29 is 19.0 Å². The first kappa shape index (κ1) is 18.9. The minimum atomic E-state index is -0.472. The Balaban J connectivity index is 2.29. The van der Waals surface area contributed by atoms with Gasteiger partial charge in [-0.3, -0.25) is 0 Å². The summed E-state index contributed by atoms with van der Waals surface area (Å²) in [7, 11) is 3.31. The van der Waals surface area contributed by atoms with Gasteiger partial charge in [0.15, 0.2) is 11.5 Å². The Kier molecular flexibility index (Phi) is 7.00. The third kappa shape index (κ3) is 7.13. The van der Waals surface area contributed by atoms with Crippen molar-refractivity contribution >= 4 is 11.8 Å². The molecule has 1 rings (SSSR count). The third-order valence-electron chi connectivity index (χ3n) is 3.04. The lowest BCUT2D eigenvalue weighted by Crippen LogP contribution is -2.34. The van der Waals surface area contributed by atoms with Crippen LogP contribution in [-0.4, -0.2) is 43.9 Å². The number of amides is 1. The number of benzene rings is 1. The lowest BCUT2D eigenvalue weighted by molar-refractivity contribution is 0.0294. The van der Waals surface area contributed by atoms with E-state index in [1.54, 1.807) is 37.3 Å². The van der Waals surface area contributed by atoms with Gasteiger partial charge >= 0.3 is 6.09 Å².